The summed E-state index contributed by atoms with van der Waals surface area (Å²) in [5.41, 5.74) is 8.88. The average molecular weight is 233 g/mol. The van der Waals surface area contributed by atoms with Crippen LogP contribution in [0.3, 0.4) is 0 Å². The molecule has 1 aromatic carbocycles. The van der Waals surface area contributed by atoms with E-state index in [1.54, 1.807) is 0 Å². The lowest BCUT2D eigenvalue weighted by atomic mass is 9.63. The Morgan fingerprint density at radius 2 is 2.12 bits per heavy atom. The minimum Gasteiger partial charge on any atom is -0.454 e. The van der Waals surface area contributed by atoms with Crippen molar-refractivity contribution in [3.63, 3.8) is 0 Å². The molecule has 2 aliphatic rings. The first-order chi connectivity index (χ1) is 8.30. The van der Waals surface area contributed by atoms with Gasteiger partial charge < -0.3 is 15.2 Å². The molecule has 3 nitrogen and oxygen atoms in total. The molecule has 0 saturated heterocycles. The minimum atomic E-state index is 0.201. The van der Waals surface area contributed by atoms with E-state index in [-0.39, 0.29) is 5.41 Å². The molecule has 3 heteroatoms. The summed E-state index contributed by atoms with van der Waals surface area (Å²) in [5, 5.41) is 0. The summed E-state index contributed by atoms with van der Waals surface area (Å²) in [6, 6.07) is 4.23. The Labute approximate surface area is 102 Å². The smallest absolute Gasteiger partial charge is 0.231 e. The second-order valence-corrected chi connectivity index (χ2v) is 5.02. The fourth-order valence-electron chi connectivity index (χ4n) is 3.06. The maximum atomic E-state index is 6.00. The van der Waals surface area contributed by atoms with Gasteiger partial charge in [-0.15, -0.1) is 0 Å². The molecule has 1 heterocycles. The van der Waals surface area contributed by atoms with Gasteiger partial charge in [0.15, 0.2) is 11.5 Å². The quantitative estimate of drug-likeness (QED) is 0.871. The van der Waals surface area contributed by atoms with Crippen molar-refractivity contribution in [1.29, 1.82) is 0 Å². The number of hydrogen-bond donors (Lipinski definition) is 1. The van der Waals surface area contributed by atoms with Crippen molar-refractivity contribution in [1.82, 2.24) is 0 Å². The highest BCUT2D eigenvalue weighted by atomic mass is 16.7. The second-order valence-electron chi connectivity index (χ2n) is 5.02. The van der Waals surface area contributed by atoms with Crippen molar-refractivity contribution < 1.29 is 9.47 Å². The molecule has 17 heavy (non-hydrogen) atoms. The average Bonchev–Trinajstić information content (AvgIpc) is 2.76. The second kappa shape index (κ2) is 3.91. The van der Waals surface area contributed by atoms with Crippen LogP contribution in [-0.4, -0.2) is 13.3 Å². The summed E-state index contributed by atoms with van der Waals surface area (Å²) in [7, 11) is 0. The van der Waals surface area contributed by atoms with Gasteiger partial charge in [0.2, 0.25) is 6.79 Å². The number of nitrogens with two attached hydrogens (primary N) is 1. The Morgan fingerprint density at radius 3 is 2.71 bits per heavy atom. The van der Waals surface area contributed by atoms with Gasteiger partial charge in [-0.1, -0.05) is 19.4 Å². The van der Waals surface area contributed by atoms with Crippen molar-refractivity contribution in [2.24, 2.45) is 5.73 Å². The van der Waals surface area contributed by atoms with E-state index in [0.717, 1.165) is 24.5 Å². The third-order valence-electron chi connectivity index (χ3n) is 4.27. The Kier molecular flexibility index (Phi) is 2.51. The molecule has 1 fully saturated rings. The van der Waals surface area contributed by atoms with Crippen LogP contribution < -0.4 is 15.2 Å². The Hall–Kier alpha value is -1.22. The first kappa shape index (κ1) is 10.9. The van der Waals surface area contributed by atoms with E-state index in [9.17, 15) is 0 Å². The standard InChI is InChI=1S/C14H19NO2/c1-2-10-11(14(8-15)6-3-7-14)4-5-12-13(10)17-9-16-12/h4-5H,2-3,6-9,15H2,1H3. The zero-order valence-electron chi connectivity index (χ0n) is 10.3. The lowest BCUT2D eigenvalue weighted by molar-refractivity contribution is 0.173. The normalized spacial score (nSPS) is 20.1. The van der Waals surface area contributed by atoms with E-state index in [1.165, 1.54) is 30.4 Å². The minimum absolute atomic E-state index is 0.201. The molecule has 0 aromatic heterocycles. The number of benzene rings is 1. The van der Waals surface area contributed by atoms with E-state index in [4.69, 9.17) is 15.2 Å². The molecule has 0 atom stereocenters. The SMILES string of the molecule is CCc1c(C2(CN)CCC2)ccc2c1OCO2. The number of hydrogen-bond acceptors (Lipinski definition) is 3. The van der Waals surface area contributed by atoms with E-state index in [2.05, 4.69) is 13.0 Å². The van der Waals surface area contributed by atoms with Crippen molar-refractivity contribution in [2.75, 3.05) is 13.3 Å². The molecule has 0 bridgehead atoms. The third kappa shape index (κ3) is 1.45. The highest BCUT2D eigenvalue weighted by Crippen LogP contribution is 2.48. The molecular weight excluding hydrogens is 214 g/mol. The lowest BCUT2D eigenvalue weighted by Gasteiger charge is -2.42. The molecule has 0 radical (unpaired) electrons. The fourth-order valence-corrected chi connectivity index (χ4v) is 3.06. The fraction of sp³-hybridized carbons (Fsp3) is 0.571. The predicted octanol–water partition coefficient (Wildman–Crippen LogP) is 2.36. The van der Waals surface area contributed by atoms with Crippen LogP contribution >= 0.6 is 0 Å². The molecule has 1 aliphatic carbocycles. The largest absolute Gasteiger partial charge is 0.454 e. The maximum Gasteiger partial charge on any atom is 0.231 e. The molecule has 0 amide bonds. The highest BCUT2D eigenvalue weighted by Gasteiger charge is 2.40. The van der Waals surface area contributed by atoms with Gasteiger partial charge in [0.25, 0.3) is 0 Å². The van der Waals surface area contributed by atoms with Crippen LogP contribution in [0.4, 0.5) is 0 Å². The van der Waals surface area contributed by atoms with Crippen LogP contribution in [-0.2, 0) is 11.8 Å². The molecule has 92 valence electrons. The Balaban J connectivity index is 2.11. The summed E-state index contributed by atoms with van der Waals surface area (Å²) in [6.45, 7) is 3.25. The van der Waals surface area contributed by atoms with Crippen LogP contribution in [0.25, 0.3) is 0 Å². The molecule has 1 aromatic rings. The number of rotatable bonds is 3. The maximum absolute atomic E-state index is 6.00. The van der Waals surface area contributed by atoms with Crippen molar-refractivity contribution in [3.8, 4) is 11.5 Å². The van der Waals surface area contributed by atoms with Gasteiger partial charge in [0, 0.05) is 17.5 Å². The van der Waals surface area contributed by atoms with Crippen LogP contribution in [0, 0.1) is 0 Å². The van der Waals surface area contributed by atoms with E-state index >= 15 is 0 Å². The molecule has 1 saturated carbocycles. The summed E-state index contributed by atoms with van der Waals surface area (Å²) in [5.74, 6) is 1.84. The van der Waals surface area contributed by atoms with Crippen molar-refractivity contribution >= 4 is 0 Å². The lowest BCUT2D eigenvalue weighted by Crippen LogP contribution is -2.42. The Bertz CT molecular complexity index is 433. The zero-order valence-corrected chi connectivity index (χ0v) is 10.3. The number of fused-ring (bicyclic) bond motifs is 1. The molecule has 2 N–H and O–H groups in total. The third-order valence-corrected chi connectivity index (χ3v) is 4.27. The van der Waals surface area contributed by atoms with Gasteiger partial charge in [0.05, 0.1) is 0 Å². The Morgan fingerprint density at radius 1 is 1.29 bits per heavy atom. The summed E-state index contributed by atoms with van der Waals surface area (Å²) >= 11 is 0. The van der Waals surface area contributed by atoms with Crippen LogP contribution in [0.2, 0.25) is 0 Å². The van der Waals surface area contributed by atoms with Crippen LogP contribution in [0.15, 0.2) is 12.1 Å². The van der Waals surface area contributed by atoms with Gasteiger partial charge in [-0.3, -0.25) is 0 Å². The van der Waals surface area contributed by atoms with Gasteiger partial charge in [-0.25, -0.2) is 0 Å². The summed E-state index contributed by atoms with van der Waals surface area (Å²) in [4.78, 5) is 0. The molecule has 3 rings (SSSR count). The van der Waals surface area contributed by atoms with Gasteiger partial charge in [-0.05, 0) is 30.9 Å². The van der Waals surface area contributed by atoms with Crippen LogP contribution in [0.5, 0.6) is 11.5 Å². The van der Waals surface area contributed by atoms with E-state index < -0.39 is 0 Å². The van der Waals surface area contributed by atoms with Crippen molar-refractivity contribution in [2.45, 2.75) is 38.0 Å². The molecule has 0 unspecified atom stereocenters. The molecular formula is C14H19NO2. The van der Waals surface area contributed by atoms with E-state index in [0.29, 0.717) is 6.79 Å². The topological polar surface area (TPSA) is 44.5 Å². The molecule has 1 aliphatic heterocycles. The highest BCUT2D eigenvalue weighted by molar-refractivity contribution is 5.55. The summed E-state index contributed by atoms with van der Waals surface area (Å²) in [6.07, 6.45) is 4.67. The first-order valence-electron chi connectivity index (χ1n) is 6.43. The van der Waals surface area contributed by atoms with Gasteiger partial charge in [0.1, 0.15) is 0 Å². The molecule has 0 spiro atoms. The van der Waals surface area contributed by atoms with Crippen molar-refractivity contribution in [3.05, 3.63) is 23.3 Å². The van der Waals surface area contributed by atoms with Crippen LogP contribution in [0.1, 0.15) is 37.3 Å². The van der Waals surface area contributed by atoms with Gasteiger partial charge in [-0.2, -0.15) is 0 Å². The zero-order chi connectivity index (χ0) is 11.9. The summed E-state index contributed by atoms with van der Waals surface area (Å²) < 4.78 is 11.0. The van der Waals surface area contributed by atoms with E-state index in [1.807, 2.05) is 6.07 Å². The monoisotopic (exact) mass is 233 g/mol. The van der Waals surface area contributed by atoms with Gasteiger partial charge >= 0.3 is 0 Å². The number of ether oxygens (including phenoxy) is 2. The first-order valence-corrected chi connectivity index (χ1v) is 6.43. The predicted molar refractivity (Wildman–Crippen MR) is 66.5 cm³/mol.